The van der Waals surface area contributed by atoms with Gasteiger partial charge in [0.15, 0.2) is 5.78 Å². The number of hydrogen-bond donors (Lipinski definition) is 2. The number of amides is 1. The predicted molar refractivity (Wildman–Crippen MR) is 85.6 cm³/mol. The molecule has 5 heteroatoms. The maximum Gasteiger partial charge on any atom is 0.220 e. The third-order valence-corrected chi connectivity index (χ3v) is 3.81. The van der Waals surface area contributed by atoms with Gasteiger partial charge >= 0.3 is 0 Å². The van der Waals surface area contributed by atoms with Crippen LogP contribution in [0, 0.1) is 0 Å². The maximum atomic E-state index is 11.9. The van der Waals surface area contributed by atoms with E-state index in [1.54, 1.807) is 12.1 Å². The van der Waals surface area contributed by atoms with Gasteiger partial charge in [0.2, 0.25) is 5.91 Å². The molecule has 3 N–H and O–H groups in total. The largest absolute Gasteiger partial charge is 0.353 e. The fourth-order valence-electron chi connectivity index (χ4n) is 2.56. The molecule has 0 saturated heterocycles. The monoisotopic (exact) mass is 310 g/mol. The van der Waals surface area contributed by atoms with Gasteiger partial charge in [-0.1, -0.05) is 30.3 Å². The summed E-state index contributed by atoms with van der Waals surface area (Å²) in [6, 6.07) is 9.61. The summed E-state index contributed by atoms with van der Waals surface area (Å²) in [5.74, 6) is -0.0128. The van der Waals surface area contributed by atoms with Crippen LogP contribution in [0.4, 0.5) is 0 Å². The van der Waals surface area contributed by atoms with Crippen LogP contribution in [0.3, 0.4) is 0 Å². The molecule has 0 spiro atoms. The summed E-state index contributed by atoms with van der Waals surface area (Å²) in [6.45, 7) is 0. The lowest BCUT2D eigenvalue weighted by molar-refractivity contribution is -0.122. The second-order valence-corrected chi connectivity index (χ2v) is 5.47. The second kappa shape index (κ2) is 8.80. The lowest BCUT2D eigenvalue weighted by atomic mass is 9.91. The molecule has 1 aromatic rings. The highest BCUT2D eigenvalue weighted by Crippen LogP contribution is 2.17. The van der Waals surface area contributed by atoms with Crippen molar-refractivity contribution >= 4 is 24.1 Å². The number of benzene rings is 1. The summed E-state index contributed by atoms with van der Waals surface area (Å²) < 4.78 is 0. The van der Waals surface area contributed by atoms with Crippen molar-refractivity contribution in [3.05, 3.63) is 35.9 Å². The van der Waals surface area contributed by atoms with E-state index in [1.165, 1.54) is 0 Å². The van der Waals surface area contributed by atoms with Gasteiger partial charge in [-0.05, 0) is 25.7 Å². The summed E-state index contributed by atoms with van der Waals surface area (Å²) in [5, 5.41) is 3.00. The van der Waals surface area contributed by atoms with E-state index in [9.17, 15) is 9.59 Å². The number of hydrogen-bond acceptors (Lipinski definition) is 3. The van der Waals surface area contributed by atoms with E-state index in [2.05, 4.69) is 5.32 Å². The molecule has 0 aliphatic heterocycles. The molecule has 1 aromatic carbocycles. The molecule has 2 rings (SSSR count). The first-order chi connectivity index (χ1) is 9.65. The highest BCUT2D eigenvalue weighted by molar-refractivity contribution is 5.97. The van der Waals surface area contributed by atoms with Crippen molar-refractivity contribution in [2.75, 3.05) is 0 Å². The quantitative estimate of drug-likeness (QED) is 0.821. The molecule has 4 nitrogen and oxygen atoms in total. The Kier molecular flexibility index (Phi) is 7.40. The predicted octanol–water partition coefficient (Wildman–Crippen LogP) is 2.46. The smallest absolute Gasteiger partial charge is 0.220 e. The standard InChI is InChI=1S/C16H22N2O2.ClH/c17-13-6-8-14(9-7-13)18-16(20)11-10-15(19)12-4-2-1-3-5-12;/h1-5,13-14H,6-11,17H2,(H,18,20);1H. The molecule has 0 heterocycles. The fourth-order valence-corrected chi connectivity index (χ4v) is 2.56. The molecular weight excluding hydrogens is 288 g/mol. The summed E-state index contributed by atoms with van der Waals surface area (Å²) in [7, 11) is 0. The molecule has 0 unspecified atom stereocenters. The summed E-state index contributed by atoms with van der Waals surface area (Å²) >= 11 is 0. The van der Waals surface area contributed by atoms with Gasteiger partial charge in [0.25, 0.3) is 0 Å². The van der Waals surface area contributed by atoms with Crippen LogP contribution in [0.2, 0.25) is 0 Å². The Morgan fingerprint density at radius 2 is 1.67 bits per heavy atom. The molecule has 1 amide bonds. The fraction of sp³-hybridized carbons (Fsp3) is 0.500. The zero-order valence-corrected chi connectivity index (χ0v) is 12.9. The first kappa shape index (κ1) is 17.7. The number of nitrogens with two attached hydrogens (primary N) is 1. The average Bonchev–Trinajstić information content (AvgIpc) is 2.48. The Morgan fingerprint density at radius 3 is 2.29 bits per heavy atom. The molecular formula is C16H23ClN2O2. The maximum absolute atomic E-state index is 11.9. The van der Waals surface area contributed by atoms with E-state index in [0.29, 0.717) is 5.56 Å². The Bertz CT molecular complexity index is 457. The Hall–Kier alpha value is -1.39. The van der Waals surface area contributed by atoms with Crippen LogP contribution in [0.25, 0.3) is 0 Å². The van der Waals surface area contributed by atoms with Crippen molar-refractivity contribution in [2.45, 2.75) is 50.6 Å². The van der Waals surface area contributed by atoms with Crippen LogP contribution in [-0.2, 0) is 4.79 Å². The minimum atomic E-state index is -0.0326. The molecule has 21 heavy (non-hydrogen) atoms. The van der Waals surface area contributed by atoms with Gasteiger partial charge in [-0.2, -0.15) is 0 Å². The van der Waals surface area contributed by atoms with E-state index in [-0.39, 0.29) is 49.0 Å². The third kappa shape index (κ3) is 5.86. The van der Waals surface area contributed by atoms with E-state index in [0.717, 1.165) is 25.7 Å². The molecule has 1 saturated carbocycles. The minimum absolute atomic E-state index is 0. The molecule has 1 fully saturated rings. The van der Waals surface area contributed by atoms with Gasteiger partial charge < -0.3 is 11.1 Å². The van der Waals surface area contributed by atoms with E-state index >= 15 is 0 Å². The van der Waals surface area contributed by atoms with Gasteiger partial charge in [0.05, 0.1) is 0 Å². The molecule has 116 valence electrons. The van der Waals surface area contributed by atoms with Crippen molar-refractivity contribution in [3.8, 4) is 0 Å². The zero-order valence-electron chi connectivity index (χ0n) is 12.1. The van der Waals surface area contributed by atoms with Crippen LogP contribution in [-0.4, -0.2) is 23.8 Å². The zero-order chi connectivity index (χ0) is 14.4. The second-order valence-electron chi connectivity index (χ2n) is 5.47. The Balaban J connectivity index is 0.00000220. The van der Waals surface area contributed by atoms with Crippen molar-refractivity contribution in [1.29, 1.82) is 0 Å². The summed E-state index contributed by atoms with van der Waals surface area (Å²) in [4.78, 5) is 23.7. The SMILES string of the molecule is Cl.NC1CCC(NC(=O)CCC(=O)c2ccccc2)CC1. The number of ketones is 1. The normalized spacial score (nSPS) is 21.2. The highest BCUT2D eigenvalue weighted by atomic mass is 35.5. The first-order valence-corrected chi connectivity index (χ1v) is 7.28. The molecule has 1 aliphatic rings. The lowest BCUT2D eigenvalue weighted by Gasteiger charge is -2.26. The van der Waals surface area contributed by atoms with Gasteiger partial charge in [0.1, 0.15) is 0 Å². The van der Waals surface area contributed by atoms with Crippen molar-refractivity contribution in [1.82, 2.24) is 5.32 Å². The number of Topliss-reactive ketones (excluding diaryl/α,β-unsaturated/α-hetero) is 1. The minimum Gasteiger partial charge on any atom is -0.353 e. The van der Waals surface area contributed by atoms with Gasteiger partial charge in [-0.3, -0.25) is 9.59 Å². The van der Waals surface area contributed by atoms with E-state index in [4.69, 9.17) is 5.73 Å². The molecule has 0 bridgehead atoms. The molecule has 0 aromatic heterocycles. The van der Waals surface area contributed by atoms with Crippen molar-refractivity contribution < 1.29 is 9.59 Å². The van der Waals surface area contributed by atoms with Gasteiger partial charge in [-0.15, -0.1) is 12.4 Å². The highest BCUT2D eigenvalue weighted by Gasteiger charge is 2.20. The van der Waals surface area contributed by atoms with Gasteiger partial charge in [0, 0.05) is 30.5 Å². The Morgan fingerprint density at radius 1 is 1.05 bits per heavy atom. The van der Waals surface area contributed by atoms with Crippen LogP contribution < -0.4 is 11.1 Å². The van der Waals surface area contributed by atoms with Crippen molar-refractivity contribution in [2.24, 2.45) is 5.73 Å². The van der Waals surface area contributed by atoms with E-state index in [1.807, 2.05) is 18.2 Å². The number of nitrogens with one attached hydrogen (secondary N) is 1. The average molecular weight is 311 g/mol. The van der Waals surface area contributed by atoms with Crippen LogP contribution >= 0.6 is 12.4 Å². The molecule has 0 atom stereocenters. The van der Waals surface area contributed by atoms with Crippen LogP contribution in [0.5, 0.6) is 0 Å². The topological polar surface area (TPSA) is 72.2 Å². The van der Waals surface area contributed by atoms with Crippen LogP contribution in [0.15, 0.2) is 30.3 Å². The van der Waals surface area contributed by atoms with Crippen LogP contribution in [0.1, 0.15) is 48.9 Å². The van der Waals surface area contributed by atoms with E-state index < -0.39 is 0 Å². The lowest BCUT2D eigenvalue weighted by Crippen LogP contribution is -2.40. The first-order valence-electron chi connectivity index (χ1n) is 7.28. The molecule has 0 radical (unpaired) electrons. The molecule has 1 aliphatic carbocycles. The summed E-state index contributed by atoms with van der Waals surface area (Å²) in [6.07, 6.45) is 4.35. The third-order valence-electron chi connectivity index (χ3n) is 3.81. The van der Waals surface area contributed by atoms with Crippen molar-refractivity contribution in [3.63, 3.8) is 0 Å². The Labute approximate surface area is 131 Å². The number of halogens is 1. The number of carbonyl (C=O) groups excluding carboxylic acids is 2. The van der Waals surface area contributed by atoms with Gasteiger partial charge in [-0.25, -0.2) is 0 Å². The summed E-state index contributed by atoms with van der Waals surface area (Å²) in [5.41, 5.74) is 6.50. The number of rotatable bonds is 5. The number of carbonyl (C=O) groups is 2.